The molecule has 1 aromatic heterocycles. The molecule has 1 heterocycles. The number of benzene rings is 1. The number of rotatable bonds is 4. The fraction of sp³-hybridized carbons (Fsp3) is 0.154. The fourth-order valence-corrected chi connectivity index (χ4v) is 1.72. The average molecular weight is 312 g/mol. The van der Waals surface area contributed by atoms with Crippen molar-refractivity contribution in [2.75, 3.05) is 6.61 Å². The third kappa shape index (κ3) is 2.98. The van der Waals surface area contributed by atoms with Crippen LogP contribution in [0.1, 0.15) is 6.92 Å². The molecule has 0 aliphatic heterocycles. The molecule has 0 atom stereocenters. The summed E-state index contributed by atoms with van der Waals surface area (Å²) in [6.45, 7) is 2.35. The first kappa shape index (κ1) is 12.8. The van der Waals surface area contributed by atoms with E-state index in [1.807, 2.05) is 6.92 Å². The van der Waals surface area contributed by atoms with Crippen LogP contribution in [-0.2, 0) is 0 Å². The van der Waals surface area contributed by atoms with Gasteiger partial charge in [-0.1, -0.05) is 15.9 Å². The molecule has 0 fully saturated rings. The largest absolute Gasteiger partial charge is 0.488 e. The summed E-state index contributed by atoms with van der Waals surface area (Å²) in [4.78, 5) is 4.03. The molecule has 0 spiro atoms. The quantitative estimate of drug-likeness (QED) is 0.849. The number of halogens is 2. The van der Waals surface area contributed by atoms with Crippen LogP contribution in [0.4, 0.5) is 4.39 Å². The normalized spacial score (nSPS) is 10.2. The molecule has 0 amide bonds. The average Bonchev–Trinajstić information content (AvgIpc) is 2.36. The van der Waals surface area contributed by atoms with Gasteiger partial charge in [0, 0.05) is 10.7 Å². The van der Waals surface area contributed by atoms with E-state index in [0.29, 0.717) is 12.4 Å². The van der Waals surface area contributed by atoms with E-state index in [2.05, 4.69) is 20.9 Å². The molecule has 0 aliphatic carbocycles. The number of hydrogen-bond acceptors (Lipinski definition) is 3. The maximum atomic E-state index is 13.6. The summed E-state index contributed by atoms with van der Waals surface area (Å²) in [5, 5.41) is 0. The van der Waals surface area contributed by atoms with Gasteiger partial charge in [0.1, 0.15) is 0 Å². The molecule has 0 radical (unpaired) electrons. The second-order valence-corrected chi connectivity index (χ2v) is 4.33. The van der Waals surface area contributed by atoms with Gasteiger partial charge in [-0.05, 0) is 37.3 Å². The van der Waals surface area contributed by atoms with Gasteiger partial charge in [-0.25, -0.2) is 9.37 Å². The molecule has 0 saturated carbocycles. The molecular weight excluding hydrogens is 301 g/mol. The van der Waals surface area contributed by atoms with E-state index in [-0.39, 0.29) is 11.6 Å². The zero-order valence-corrected chi connectivity index (χ0v) is 11.3. The number of pyridine rings is 1. The predicted octanol–water partition coefficient (Wildman–Crippen LogP) is 4.17. The highest BCUT2D eigenvalue weighted by Gasteiger charge is 2.10. The lowest BCUT2D eigenvalue weighted by Crippen LogP contribution is -1.97. The Balaban J connectivity index is 2.30. The van der Waals surface area contributed by atoms with E-state index in [1.54, 1.807) is 30.5 Å². The van der Waals surface area contributed by atoms with Crippen molar-refractivity contribution in [2.45, 2.75) is 6.92 Å². The highest BCUT2D eigenvalue weighted by atomic mass is 79.9. The van der Waals surface area contributed by atoms with E-state index >= 15 is 0 Å². The smallest absolute Gasteiger partial charge is 0.262 e. The van der Waals surface area contributed by atoms with Gasteiger partial charge < -0.3 is 9.47 Å². The van der Waals surface area contributed by atoms with E-state index in [1.165, 1.54) is 6.07 Å². The lowest BCUT2D eigenvalue weighted by molar-refractivity contribution is 0.313. The minimum absolute atomic E-state index is 0.101. The zero-order valence-electron chi connectivity index (χ0n) is 9.69. The molecule has 0 bridgehead atoms. The summed E-state index contributed by atoms with van der Waals surface area (Å²) in [5.41, 5.74) is 0. The Kier molecular flexibility index (Phi) is 4.15. The van der Waals surface area contributed by atoms with E-state index in [4.69, 9.17) is 9.47 Å². The van der Waals surface area contributed by atoms with Crippen LogP contribution in [0.25, 0.3) is 0 Å². The molecule has 3 nitrogen and oxygen atoms in total. The topological polar surface area (TPSA) is 31.4 Å². The maximum absolute atomic E-state index is 13.6. The molecule has 0 aliphatic rings. The number of ether oxygens (including phenoxy) is 2. The maximum Gasteiger partial charge on any atom is 0.262 e. The van der Waals surface area contributed by atoms with Gasteiger partial charge in [-0.15, -0.1) is 0 Å². The Morgan fingerprint density at radius 3 is 2.89 bits per heavy atom. The summed E-state index contributed by atoms with van der Waals surface area (Å²) in [6, 6.07) is 7.92. The summed E-state index contributed by atoms with van der Waals surface area (Å²) >= 11 is 3.26. The number of hydrogen-bond donors (Lipinski definition) is 0. The second-order valence-electron chi connectivity index (χ2n) is 3.42. The molecule has 2 rings (SSSR count). The van der Waals surface area contributed by atoms with Gasteiger partial charge in [0.05, 0.1) is 6.61 Å². The fourth-order valence-electron chi connectivity index (χ4n) is 1.38. The zero-order chi connectivity index (χ0) is 13.0. The summed E-state index contributed by atoms with van der Waals surface area (Å²) in [5.74, 6) is 0.381. The monoisotopic (exact) mass is 311 g/mol. The molecule has 18 heavy (non-hydrogen) atoms. The predicted molar refractivity (Wildman–Crippen MR) is 69.6 cm³/mol. The summed E-state index contributed by atoms with van der Waals surface area (Å²) < 4.78 is 25.1. The Morgan fingerprint density at radius 1 is 1.28 bits per heavy atom. The first-order valence-corrected chi connectivity index (χ1v) is 6.20. The second kappa shape index (κ2) is 5.82. The Hall–Kier alpha value is -1.62. The molecule has 0 N–H and O–H groups in total. The van der Waals surface area contributed by atoms with Gasteiger partial charge in [0.15, 0.2) is 17.3 Å². The van der Waals surface area contributed by atoms with E-state index < -0.39 is 5.82 Å². The van der Waals surface area contributed by atoms with Crippen LogP contribution in [-0.4, -0.2) is 11.6 Å². The lowest BCUT2D eigenvalue weighted by Gasteiger charge is -2.10. The van der Waals surface area contributed by atoms with Crippen molar-refractivity contribution in [2.24, 2.45) is 0 Å². The van der Waals surface area contributed by atoms with Crippen LogP contribution in [0, 0.1) is 5.82 Å². The minimum atomic E-state index is -0.452. The van der Waals surface area contributed by atoms with Crippen molar-refractivity contribution in [1.82, 2.24) is 4.98 Å². The molecule has 94 valence electrons. The minimum Gasteiger partial charge on any atom is -0.488 e. The number of aromatic nitrogens is 1. The standard InChI is InChI=1S/C13H11BrFNO2/c1-2-17-11-4-3-7-16-13(11)18-12-8-9(14)5-6-10(12)15/h3-8H,2H2,1H3. The highest BCUT2D eigenvalue weighted by molar-refractivity contribution is 9.10. The Labute approximate surface area is 113 Å². The van der Waals surface area contributed by atoms with Crippen molar-refractivity contribution in [3.05, 3.63) is 46.8 Å². The molecule has 5 heteroatoms. The number of nitrogens with zero attached hydrogens (tertiary/aromatic N) is 1. The van der Waals surface area contributed by atoms with Crippen LogP contribution >= 0.6 is 15.9 Å². The highest BCUT2D eigenvalue weighted by Crippen LogP contribution is 2.31. The van der Waals surface area contributed by atoms with Crippen LogP contribution in [0.15, 0.2) is 41.0 Å². The molecule has 0 saturated heterocycles. The van der Waals surface area contributed by atoms with Crippen LogP contribution in [0.2, 0.25) is 0 Å². The van der Waals surface area contributed by atoms with Crippen molar-refractivity contribution in [3.63, 3.8) is 0 Å². The summed E-state index contributed by atoms with van der Waals surface area (Å²) in [6.07, 6.45) is 1.56. The van der Waals surface area contributed by atoms with E-state index in [9.17, 15) is 4.39 Å². The lowest BCUT2D eigenvalue weighted by atomic mass is 10.3. The van der Waals surface area contributed by atoms with Crippen molar-refractivity contribution < 1.29 is 13.9 Å². The molecule has 0 unspecified atom stereocenters. The molecule has 2 aromatic rings. The third-order valence-electron chi connectivity index (χ3n) is 2.14. The van der Waals surface area contributed by atoms with Crippen molar-refractivity contribution >= 4 is 15.9 Å². The van der Waals surface area contributed by atoms with E-state index in [0.717, 1.165) is 4.47 Å². The van der Waals surface area contributed by atoms with Gasteiger partial charge in [0.25, 0.3) is 5.88 Å². The Morgan fingerprint density at radius 2 is 2.11 bits per heavy atom. The van der Waals surface area contributed by atoms with Gasteiger partial charge in [-0.3, -0.25) is 0 Å². The van der Waals surface area contributed by atoms with Crippen LogP contribution in [0.5, 0.6) is 17.4 Å². The first-order chi connectivity index (χ1) is 8.70. The van der Waals surface area contributed by atoms with Crippen molar-refractivity contribution in [1.29, 1.82) is 0 Å². The van der Waals surface area contributed by atoms with Gasteiger partial charge in [0.2, 0.25) is 0 Å². The van der Waals surface area contributed by atoms with Gasteiger partial charge in [-0.2, -0.15) is 0 Å². The Bertz CT molecular complexity index is 548. The summed E-state index contributed by atoms with van der Waals surface area (Å²) in [7, 11) is 0. The third-order valence-corrected chi connectivity index (χ3v) is 2.63. The van der Waals surface area contributed by atoms with Crippen molar-refractivity contribution in [3.8, 4) is 17.4 Å². The van der Waals surface area contributed by atoms with Crippen LogP contribution < -0.4 is 9.47 Å². The van der Waals surface area contributed by atoms with Gasteiger partial charge >= 0.3 is 0 Å². The SMILES string of the molecule is CCOc1cccnc1Oc1cc(Br)ccc1F. The first-order valence-electron chi connectivity index (χ1n) is 5.41. The molecular formula is C13H11BrFNO2. The van der Waals surface area contributed by atoms with Crippen LogP contribution in [0.3, 0.4) is 0 Å². The molecule has 1 aromatic carbocycles.